The molecule has 1 fully saturated rings. The Balaban J connectivity index is 1.37. The first-order valence-corrected chi connectivity index (χ1v) is 9.74. The Morgan fingerprint density at radius 2 is 2.04 bits per heavy atom. The van der Waals surface area contributed by atoms with Crippen molar-refractivity contribution in [3.8, 4) is 0 Å². The van der Waals surface area contributed by atoms with Gasteiger partial charge in [-0.3, -0.25) is 4.90 Å². The second-order valence-electron chi connectivity index (χ2n) is 7.31. The van der Waals surface area contributed by atoms with E-state index in [-0.39, 0.29) is 0 Å². The van der Waals surface area contributed by atoms with Gasteiger partial charge in [-0.2, -0.15) is 0 Å². The fourth-order valence-corrected chi connectivity index (χ4v) is 4.20. The number of imidazole rings is 1. The molecular formula is C21H21ClN4O. The molecule has 27 heavy (non-hydrogen) atoms. The smallest absolute Gasteiger partial charge is 0.199 e. The molecule has 0 amide bonds. The predicted octanol–water partition coefficient (Wildman–Crippen LogP) is 4.75. The summed E-state index contributed by atoms with van der Waals surface area (Å²) in [5.74, 6) is 2.25. The fourth-order valence-electron chi connectivity index (χ4n) is 4.03. The number of hydrogen-bond donors (Lipinski definition) is 0. The van der Waals surface area contributed by atoms with Crippen LogP contribution in [0.4, 0.5) is 0 Å². The van der Waals surface area contributed by atoms with Crippen LogP contribution in [0, 0.1) is 0 Å². The molecule has 1 saturated heterocycles. The number of rotatable bonds is 3. The summed E-state index contributed by atoms with van der Waals surface area (Å²) in [5, 5.41) is 0.723. The maximum Gasteiger partial charge on any atom is 0.199 e. The first kappa shape index (κ1) is 16.8. The summed E-state index contributed by atoms with van der Waals surface area (Å²) in [4.78, 5) is 12.0. The Bertz CT molecular complexity index is 1080. The highest BCUT2D eigenvalue weighted by Gasteiger charge is 2.26. The number of piperidine rings is 1. The van der Waals surface area contributed by atoms with Gasteiger partial charge in [-0.05, 0) is 49.7 Å². The van der Waals surface area contributed by atoms with Gasteiger partial charge in [-0.25, -0.2) is 9.97 Å². The van der Waals surface area contributed by atoms with Crippen LogP contribution in [0.2, 0.25) is 5.02 Å². The Morgan fingerprint density at radius 1 is 1.15 bits per heavy atom. The molecule has 1 atom stereocenters. The maximum absolute atomic E-state index is 6.12. The fraction of sp³-hybridized carbons (Fsp3) is 0.333. The van der Waals surface area contributed by atoms with Crippen molar-refractivity contribution in [3.63, 3.8) is 0 Å². The molecule has 3 heterocycles. The molecule has 4 aromatic rings. The molecule has 0 bridgehead atoms. The van der Waals surface area contributed by atoms with Gasteiger partial charge in [0.05, 0.1) is 17.6 Å². The Kier molecular flexibility index (Phi) is 4.14. The summed E-state index contributed by atoms with van der Waals surface area (Å²) in [6.07, 6.45) is 2.25. The summed E-state index contributed by atoms with van der Waals surface area (Å²) in [6, 6.07) is 13.9. The second kappa shape index (κ2) is 6.66. The van der Waals surface area contributed by atoms with Gasteiger partial charge >= 0.3 is 0 Å². The summed E-state index contributed by atoms with van der Waals surface area (Å²) < 4.78 is 8.18. The zero-order valence-electron chi connectivity index (χ0n) is 15.2. The summed E-state index contributed by atoms with van der Waals surface area (Å²) >= 11 is 6.12. The number of oxazole rings is 1. The zero-order chi connectivity index (χ0) is 18.4. The van der Waals surface area contributed by atoms with Crippen LogP contribution in [0.25, 0.3) is 22.1 Å². The van der Waals surface area contributed by atoms with Crippen LogP contribution >= 0.6 is 11.6 Å². The number of aromatic nitrogens is 3. The average Bonchev–Trinajstić information content (AvgIpc) is 3.23. The molecule has 5 nitrogen and oxygen atoms in total. The normalized spacial score (nSPS) is 18.5. The van der Waals surface area contributed by atoms with E-state index in [1.54, 1.807) is 0 Å². The van der Waals surface area contributed by atoms with E-state index in [4.69, 9.17) is 26.0 Å². The van der Waals surface area contributed by atoms with Crippen LogP contribution in [-0.2, 0) is 13.6 Å². The van der Waals surface area contributed by atoms with Crippen molar-refractivity contribution in [2.45, 2.75) is 25.3 Å². The number of aryl methyl sites for hydroxylation is 1. The number of halogens is 1. The minimum absolute atomic E-state index is 0.329. The van der Waals surface area contributed by atoms with Gasteiger partial charge in [0.15, 0.2) is 11.5 Å². The monoisotopic (exact) mass is 380 g/mol. The number of fused-ring (bicyclic) bond motifs is 2. The molecule has 1 aliphatic heterocycles. The number of likely N-dealkylation sites (tertiary alicyclic amines) is 1. The quantitative estimate of drug-likeness (QED) is 0.514. The molecule has 5 rings (SSSR count). The first-order valence-electron chi connectivity index (χ1n) is 9.36. The van der Waals surface area contributed by atoms with E-state index in [2.05, 4.69) is 16.5 Å². The lowest BCUT2D eigenvalue weighted by Gasteiger charge is -2.30. The van der Waals surface area contributed by atoms with E-state index >= 15 is 0 Å². The Hall–Kier alpha value is -2.37. The van der Waals surface area contributed by atoms with E-state index in [9.17, 15) is 0 Å². The molecule has 2 aromatic carbocycles. The number of benzene rings is 2. The number of para-hydroxylation sites is 2. The third-order valence-electron chi connectivity index (χ3n) is 5.47. The van der Waals surface area contributed by atoms with Crippen LogP contribution in [0.3, 0.4) is 0 Å². The lowest BCUT2D eigenvalue weighted by molar-refractivity contribution is 0.182. The number of hydrogen-bond acceptors (Lipinski definition) is 4. The van der Waals surface area contributed by atoms with Crippen LogP contribution in [-0.4, -0.2) is 32.5 Å². The van der Waals surface area contributed by atoms with Crippen molar-refractivity contribution in [3.05, 3.63) is 59.2 Å². The summed E-state index contributed by atoms with van der Waals surface area (Å²) in [5.41, 5.74) is 3.88. The molecular weight excluding hydrogens is 360 g/mol. The van der Waals surface area contributed by atoms with Crippen LogP contribution in [0.1, 0.15) is 30.5 Å². The van der Waals surface area contributed by atoms with Crippen molar-refractivity contribution in [2.24, 2.45) is 7.05 Å². The molecule has 0 radical (unpaired) electrons. The molecule has 138 valence electrons. The summed E-state index contributed by atoms with van der Waals surface area (Å²) in [6.45, 7) is 2.83. The molecule has 0 spiro atoms. The highest BCUT2D eigenvalue weighted by atomic mass is 35.5. The maximum atomic E-state index is 6.12. The minimum atomic E-state index is 0.329. The van der Waals surface area contributed by atoms with Crippen molar-refractivity contribution in [2.75, 3.05) is 13.1 Å². The third-order valence-corrected chi connectivity index (χ3v) is 5.70. The Morgan fingerprint density at radius 3 is 2.93 bits per heavy atom. The van der Waals surface area contributed by atoms with Gasteiger partial charge in [0.1, 0.15) is 11.3 Å². The van der Waals surface area contributed by atoms with Gasteiger partial charge in [0.2, 0.25) is 0 Å². The largest absolute Gasteiger partial charge is 0.440 e. The molecule has 1 unspecified atom stereocenters. The van der Waals surface area contributed by atoms with Crippen molar-refractivity contribution >= 4 is 33.7 Å². The first-order chi connectivity index (χ1) is 13.2. The zero-order valence-corrected chi connectivity index (χ0v) is 16.0. The van der Waals surface area contributed by atoms with Gasteiger partial charge in [0, 0.05) is 24.5 Å². The highest BCUT2D eigenvalue weighted by molar-refractivity contribution is 6.31. The molecule has 1 aliphatic rings. The summed E-state index contributed by atoms with van der Waals surface area (Å²) in [7, 11) is 2.07. The van der Waals surface area contributed by atoms with Crippen LogP contribution in [0.15, 0.2) is 46.9 Å². The van der Waals surface area contributed by atoms with Gasteiger partial charge < -0.3 is 8.98 Å². The minimum Gasteiger partial charge on any atom is -0.440 e. The van der Waals surface area contributed by atoms with Crippen LogP contribution < -0.4 is 0 Å². The molecule has 0 aliphatic carbocycles. The molecule has 0 saturated carbocycles. The topological polar surface area (TPSA) is 47.1 Å². The SMILES string of the molecule is Cn1c(CN2CCCC(c3nc4ccccc4o3)C2)nc2cc(Cl)ccc21. The highest BCUT2D eigenvalue weighted by Crippen LogP contribution is 2.30. The van der Waals surface area contributed by atoms with Gasteiger partial charge in [0.25, 0.3) is 0 Å². The van der Waals surface area contributed by atoms with Gasteiger partial charge in [-0.1, -0.05) is 23.7 Å². The van der Waals surface area contributed by atoms with E-state index < -0.39 is 0 Å². The van der Waals surface area contributed by atoms with E-state index in [0.717, 1.165) is 71.3 Å². The molecule has 2 aromatic heterocycles. The van der Waals surface area contributed by atoms with Gasteiger partial charge in [-0.15, -0.1) is 0 Å². The number of nitrogens with zero attached hydrogens (tertiary/aromatic N) is 4. The van der Waals surface area contributed by atoms with Crippen molar-refractivity contribution in [1.82, 2.24) is 19.4 Å². The van der Waals surface area contributed by atoms with E-state index in [0.29, 0.717) is 5.92 Å². The van der Waals surface area contributed by atoms with Crippen LogP contribution in [0.5, 0.6) is 0 Å². The molecule has 6 heteroatoms. The lowest BCUT2D eigenvalue weighted by atomic mass is 9.98. The Labute approximate surface area is 162 Å². The lowest BCUT2D eigenvalue weighted by Crippen LogP contribution is -2.34. The average molecular weight is 381 g/mol. The predicted molar refractivity (Wildman–Crippen MR) is 107 cm³/mol. The van der Waals surface area contributed by atoms with Crippen molar-refractivity contribution in [1.29, 1.82) is 0 Å². The third kappa shape index (κ3) is 3.11. The molecule has 0 N–H and O–H groups in total. The second-order valence-corrected chi connectivity index (χ2v) is 7.75. The van der Waals surface area contributed by atoms with E-state index in [1.807, 2.05) is 42.5 Å². The van der Waals surface area contributed by atoms with E-state index in [1.165, 1.54) is 0 Å². The standard InChI is InChI=1S/C21H21ClN4O/c1-25-18-9-8-15(22)11-17(18)23-20(25)13-26-10-4-5-14(12-26)21-24-16-6-2-3-7-19(16)27-21/h2-3,6-9,11,14H,4-5,10,12-13H2,1H3. The van der Waals surface area contributed by atoms with Crippen molar-refractivity contribution < 1.29 is 4.42 Å².